The van der Waals surface area contributed by atoms with Gasteiger partial charge in [0.2, 0.25) is 5.75 Å². The van der Waals surface area contributed by atoms with Crippen molar-refractivity contribution in [3.63, 3.8) is 0 Å². The highest BCUT2D eigenvalue weighted by Crippen LogP contribution is 2.33. The molecule has 0 bridgehead atoms. The Morgan fingerprint density at radius 3 is 2.50 bits per heavy atom. The van der Waals surface area contributed by atoms with E-state index < -0.39 is 10.9 Å². The second kappa shape index (κ2) is 5.10. The van der Waals surface area contributed by atoms with E-state index in [-0.39, 0.29) is 17.0 Å². The Kier molecular flexibility index (Phi) is 4.05. The molecule has 0 heterocycles. The zero-order valence-corrected chi connectivity index (χ0v) is 10.7. The average Bonchev–Trinajstić information content (AvgIpc) is 2.26. The number of rotatable bonds is 3. The number of hydrogen-bond acceptors (Lipinski definition) is 5. The van der Waals surface area contributed by atoms with Gasteiger partial charge in [-0.05, 0) is 28.7 Å². The molecule has 0 fully saturated rings. The van der Waals surface area contributed by atoms with E-state index in [0.29, 0.717) is 3.57 Å². The van der Waals surface area contributed by atoms with Crippen LogP contribution in [0.15, 0.2) is 12.1 Å². The average molecular weight is 337 g/mol. The van der Waals surface area contributed by atoms with Gasteiger partial charge < -0.3 is 9.47 Å². The van der Waals surface area contributed by atoms with E-state index in [9.17, 15) is 14.9 Å². The topological polar surface area (TPSA) is 78.7 Å². The van der Waals surface area contributed by atoms with E-state index in [2.05, 4.69) is 4.74 Å². The maximum absolute atomic E-state index is 11.3. The maximum Gasteiger partial charge on any atom is 0.338 e. The molecule has 16 heavy (non-hydrogen) atoms. The number of ether oxygens (including phenoxy) is 2. The highest BCUT2D eigenvalue weighted by molar-refractivity contribution is 14.1. The van der Waals surface area contributed by atoms with Gasteiger partial charge in [-0.2, -0.15) is 0 Å². The lowest BCUT2D eigenvalue weighted by molar-refractivity contribution is -0.385. The first-order chi connectivity index (χ1) is 7.51. The standard InChI is InChI=1S/C9H8INO5/c1-15-8-6(10)3-5(9(12)16-2)4-7(8)11(13)14/h3-4H,1-2H3. The third kappa shape index (κ3) is 2.40. The summed E-state index contributed by atoms with van der Waals surface area (Å²) >= 11 is 1.86. The van der Waals surface area contributed by atoms with Crippen LogP contribution < -0.4 is 4.74 Å². The molecule has 0 unspecified atom stereocenters. The van der Waals surface area contributed by atoms with Crippen LogP contribution in [-0.4, -0.2) is 25.1 Å². The molecule has 0 spiro atoms. The van der Waals surface area contributed by atoms with E-state index in [0.717, 1.165) is 6.07 Å². The quantitative estimate of drug-likeness (QED) is 0.365. The van der Waals surface area contributed by atoms with Crippen molar-refractivity contribution in [3.05, 3.63) is 31.4 Å². The van der Waals surface area contributed by atoms with Crippen LogP contribution in [0.4, 0.5) is 5.69 Å². The number of esters is 1. The molecule has 0 aromatic heterocycles. The fraction of sp³-hybridized carbons (Fsp3) is 0.222. The van der Waals surface area contributed by atoms with Crippen molar-refractivity contribution in [2.24, 2.45) is 0 Å². The number of hydrogen-bond donors (Lipinski definition) is 0. The van der Waals surface area contributed by atoms with E-state index in [4.69, 9.17) is 4.74 Å². The van der Waals surface area contributed by atoms with Crippen molar-refractivity contribution in [2.45, 2.75) is 0 Å². The summed E-state index contributed by atoms with van der Waals surface area (Å²) < 4.78 is 9.88. The number of methoxy groups -OCH3 is 2. The minimum Gasteiger partial charge on any atom is -0.489 e. The molecule has 6 nitrogen and oxygen atoms in total. The number of nitro groups is 1. The monoisotopic (exact) mass is 337 g/mol. The summed E-state index contributed by atoms with van der Waals surface area (Å²) in [5.41, 5.74) is -0.130. The van der Waals surface area contributed by atoms with Crippen LogP contribution in [0, 0.1) is 13.7 Å². The van der Waals surface area contributed by atoms with Gasteiger partial charge in [-0.1, -0.05) is 0 Å². The minimum atomic E-state index is -0.622. The summed E-state index contributed by atoms with van der Waals surface area (Å²) in [5.74, 6) is -0.484. The van der Waals surface area contributed by atoms with Gasteiger partial charge in [0.05, 0.1) is 28.3 Å². The SMILES string of the molecule is COC(=O)c1cc(I)c(OC)c([N+](=O)[O-])c1. The highest BCUT2D eigenvalue weighted by atomic mass is 127. The van der Waals surface area contributed by atoms with Crippen molar-refractivity contribution < 1.29 is 19.2 Å². The molecule has 0 atom stereocenters. The summed E-state index contributed by atoms with van der Waals surface area (Å²) in [5, 5.41) is 10.8. The summed E-state index contributed by atoms with van der Waals surface area (Å²) in [6.45, 7) is 0. The number of carbonyl (C=O) groups is 1. The molecule has 0 N–H and O–H groups in total. The smallest absolute Gasteiger partial charge is 0.338 e. The normalized spacial score (nSPS) is 9.69. The predicted molar refractivity (Wildman–Crippen MR) is 63.7 cm³/mol. The van der Waals surface area contributed by atoms with Crippen molar-refractivity contribution in [2.75, 3.05) is 14.2 Å². The van der Waals surface area contributed by atoms with Crippen LogP contribution in [0.2, 0.25) is 0 Å². The molecule has 7 heteroatoms. The molecule has 1 aromatic carbocycles. The van der Waals surface area contributed by atoms with Crippen LogP contribution in [-0.2, 0) is 4.74 Å². The van der Waals surface area contributed by atoms with Crippen molar-refractivity contribution in [3.8, 4) is 5.75 Å². The zero-order chi connectivity index (χ0) is 12.3. The van der Waals surface area contributed by atoms with Crippen LogP contribution in [0.25, 0.3) is 0 Å². The second-order valence-electron chi connectivity index (χ2n) is 2.76. The lowest BCUT2D eigenvalue weighted by Crippen LogP contribution is -2.04. The second-order valence-corrected chi connectivity index (χ2v) is 3.92. The lowest BCUT2D eigenvalue weighted by atomic mass is 10.2. The van der Waals surface area contributed by atoms with Gasteiger partial charge >= 0.3 is 11.7 Å². The third-order valence-corrected chi connectivity index (χ3v) is 2.65. The summed E-state index contributed by atoms with van der Waals surface area (Å²) in [4.78, 5) is 21.4. The van der Waals surface area contributed by atoms with Crippen LogP contribution in [0.1, 0.15) is 10.4 Å². The van der Waals surface area contributed by atoms with Gasteiger partial charge in [-0.25, -0.2) is 4.79 Å². The number of carbonyl (C=O) groups excluding carboxylic acids is 1. The Morgan fingerprint density at radius 2 is 2.06 bits per heavy atom. The molecule has 1 rings (SSSR count). The largest absolute Gasteiger partial charge is 0.489 e. The number of nitro benzene ring substituents is 1. The Morgan fingerprint density at radius 1 is 1.44 bits per heavy atom. The van der Waals surface area contributed by atoms with E-state index >= 15 is 0 Å². The van der Waals surface area contributed by atoms with Crippen LogP contribution in [0.5, 0.6) is 5.75 Å². The summed E-state index contributed by atoms with van der Waals surface area (Å²) in [6, 6.07) is 2.60. The fourth-order valence-corrected chi connectivity index (χ4v) is 1.98. The van der Waals surface area contributed by atoms with Gasteiger partial charge in [-0.3, -0.25) is 10.1 Å². The minimum absolute atomic E-state index is 0.124. The fourth-order valence-electron chi connectivity index (χ4n) is 1.15. The molecular formula is C9H8INO5. The first-order valence-corrected chi connectivity index (χ1v) is 5.19. The first kappa shape index (κ1) is 12.7. The highest BCUT2D eigenvalue weighted by Gasteiger charge is 2.22. The summed E-state index contributed by atoms with van der Waals surface area (Å²) in [6.07, 6.45) is 0. The van der Waals surface area contributed by atoms with Gasteiger partial charge in [0.15, 0.2) is 0 Å². The molecule has 0 radical (unpaired) electrons. The Bertz CT molecular complexity index is 446. The van der Waals surface area contributed by atoms with Crippen molar-refractivity contribution >= 4 is 34.2 Å². The molecule has 0 saturated heterocycles. The Hall–Kier alpha value is -1.38. The van der Waals surface area contributed by atoms with Gasteiger partial charge in [0.1, 0.15) is 0 Å². The number of benzene rings is 1. The Balaban J connectivity index is 3.39. The third-order valence-electron chi connectivity index (χ3n) is 1.85. The molecule has 0 aliphatic carbocycles. The van der Waals surface area contributed by atoms with Crippen molar-refractivity contribution in [1.82, 2.24) is 0 Å². The molecule has 0 saturated carbocycles. The molecule has 0 aliphatic heterocycles. The predicted octanol–water partition coefficient (Wildman–Crippen LogP) is 1.99. The van der Waals surface area contributed by atoms with Gasteiger partial charge in [-0.15, -0.1) is 0 Å². The van der Waals surface area contributed by atoms with E-state index in [1.807, 2.05) is 22.6 Å². The first-order valence-electron chi connectivity index (χ1n) is 4.11. The Labute approximate surface area is 105 Å². The van der Waals surface area contributed by atoms with Crippen LogP contribution in [0.3, 0.4) is 0 Å². The van der Waals surface area contributed by atoms with Gasteiger partial charge in [0.25, 0.3) is 0 Å². The maximum atomic E-state index is 11.3. The molecule has 0 amide bonds. The van der Waals surface area contributed by atoms with Crippen molar-refractivity contribution in [1.29, 1.82) is 0 Å². The van der Waals surface area contributed by atoms with Crippen LogP contribution >= 0.6 is 22.6 Å². The number of halogens is 1. The van der Waals surface area contributed by atoms with E-state index in [1.54, 1.807) is 0 Å². The molecule has 86 valence electrons. The zero-order valence-electron chi connectivity index (χ0n) is 8.52. The lowest BCUT2D eigenvalue weighted by Gasteiger charge is -2.06. The van der Waals surface area contributed by atoms with Gasteiger partial charge in [0, 0.05) is 6.07 Å². The van der Waals surface area contributed by atoms with E-state index in [1.165, 1.54) is 20.3 Å². The molecular weight excluding hydrogens is 329 g/mol. The molecule has 1 aromatic rings. The number of nitrogens with zero attached hydrogens (tertiary/aromatic N) is 1. The molecule has 0 aliphatic rings. The summed E-state index contributed by atoms with van der Waals surface area (Å²) in [7, 11) is 2.55.